The minimum absolute atomic E-state index is 0.0600. The molecule has 1 atom stereocenters. The number of hydrogen-bond acceptors (Lipinski definition) is 2. The second kappa shape index (κ2) is 15.6. The Balaban J connectivity index is 3.69. The van der Waals surface area contributed by atoms with Gasteiger partial charge in [-0.1, -0.05) is 76.9 Å². The van der Waals surface area contributed by atoms with Gasteiger partial charge in [0.1, 0.15) is 6.54 Å². The third-order valence-electron chi connectivity index (χ3n) is 5.36. The van der Waals surface area contributed by atoms with Gasteiger partial charge < -0.3 is 19.4 Å². The van der Waals surface area contributed by atoms with E-state index in [9.17, 15) is 19.5 Å². The van der Waals surface area contributed by atoms with E-state index < -0.39 is 12.9 Å². The van der Waals surface area contributed by atoms with E-state index in [4.69, 9.17) is 0 Å². The van der Waals surface area contributed by atoms with Crippen LogP contribution in [0.3, 0.4) is 0 Å². The number of aliphatic hydroxyl groups is 1. The summed E-state index contributed by atoms with van der Waals surface area (Å²) in [6.45, 7) is 2.31. The van der Waals surface area contributed by atoms with Gasteiger partial charge in [0, 0.05) is 0 Å². The SMILES string of the molecule is CCCCCC/C=C\CCCCCCCCCCC(O)(C[N+](C)(C)C)P(=O)(O)O. The normalized spacial score (nSPS) is 15.1. The monoisotopic (exact) mass is 434 g/mol. The maximum Gasteiger partial charge on any atom is 0.362 e. The molecule has 0 spiro atoms. The molecule has 0 aromatic heterocycles. The fourth-order valence-corrected chi connectivity index (χ4v) is 4.79. The molecule has 0 aromatic rings. The van der Waals surface area contributed by atoms with Gasteiger partial charge in [-0.2, -0.15) is 0 Å². The Morgan fingerprint density at radius 1 is 0.759 bits per heavy atom. The molecule has 0 radical (unpaired) electrons. The van der Waals surface area contributed by atoms with Gasteiger partial charge in [-0.25, -0.2) is 0 Å². The number of likely N-dealkylation sites (N-methyl/N-ethyl adjacent to an activating group) is 1. The van der Waals surface area contributed by atoms with E-state index in [0.29, 0.717) is 10.9 Å². The number of rotatable bonds is 19. The Bertz CT molecular complexity index is 470. The highest BCUT2D eigenvalue weighted by Gasteiger charge is 2.48. The highest BCUT2D eigenvalue weighted by Crippen LogP contribution is 2.52. The van der Waals surface area contributed by atoms with Crippen LogP contribution in [0.2, 0.25) is 0 Å². The molecule has 0 amide bonds. The number of quaternary nitrogens is 1. The van der Waals surface area contributed by atoms with Crippen LogP contribution in [0.4, 0.5) is 0 Å². The van der Waals surface area contributed by atoms with Gasteiger partial charge in [0.2, 0.25) is 5.34 Å². The van der Waals surface area contributed by atoms with Crippen molar-refractivity contribution in [2.24, 2.45) is 0 Å². The largest absolute Gasteiger partial charge is 0.373 e. The lowest BCUT2D eigenvalue weighted by Gasteiger charge is -2.35. The van der Waals surface area contributed by atoms with Crippen LogP contribution in [0.1, 0.15) is 103 Å². The van der Waals surface area contributed by atoms with Crippen LogP contribution in [-0.4, -0.2) is 52.4 Å². The van der Waals surface area contributed by atoms with Gasteiger partial charge in [0.05, 0.1) is 21.1 Å². The van der Waals surface area contributed by atoms with Crippen molar-refractivity contribution >= 4 is 7.60 Å². The summed E-state index contributed by atoms with van der Waals surface area (Å²) in [7, 11) is 0.972. The average Bonchev–Trinajstić information content (AvgIpc) is 2.59. The van der Waals surface area contributed by atoms with Crippen molar-refractivity contribution in [1.29, 1.82) is 0 Å². The Morgan fingerprint density at radius 3 is 1.59 bits per heavy atom. The van der Waals surface area contributed by atoms with Crippen LogP contribution < -0.4 is 0 Å². The Kier molecular flexibility index (Phi) is 15.5. The van der Waals surface area contributed by atoms with Crippen molar-refractivity contribution < 1.29 is 23.9 Å². The lowest BCUT2D eigenvalue weighted by molar-refractivity contribution is -0.875. The summed E-state index contributed by atoms with van der Waals surface area (Å²) in [4.78, 5) is 19.1. The summed E-state index contributed by atoms with van der Waals surface area (Å²) in [6.07, 6.45) is 21.4. The van der Waals surface area contributed by atoms with Crippen LogP contribution in [-0.2, 0) is 4.57 Å². The summed E-state index contributed by atoms with van der Waals surface area (Å²) in [5.74, 6) is 0. The zero-order chi connectivity index (χ0) is 22.2. The van der Waals surface area contributed by atoms with Crippen molar-refractivity contribution in [2.45, 2.75) is 109 Å². The zero-order valence-corrected chi connectivity index (χ0v) is 20.5. The third-order valence-corrected chi connectivity index (χ3v) is 6.81. The zero-order valence-electron chi connectivity index (χ0n) is 19.6. The molecule has 0 heterocycles. The molecule has 0 fully saturated rings. The van der Waals surface area contributed by atoms with Gasteiger partial charge >= 0.3 is 7.60 Å². The molecular formula is C23H49NO4P+. The number of hydrogen-bond donors (Lipinski definition) is 3. The molecule has 0 aromatic carbocycles. The van der Waals surface area contributed by atoms with Crippen molar-refractivity contribution in [1.82, 2.24) is 0 Å². The molecule has 0 aliphatic carbocycles. The Labute approximate surface area is 180 Å². The first kappa shape index (κ1) is 28.8. The molecule has 0 rings (SSSR count). The number of unbranched alkanes of at least 4 members (excludes halogenated alkanes) is 12. The van der Waals surface area contributed by atoms with E-state index in [1.54, 1.807) is 0 Å². The van der Waals surface area contributed by atoms with E-state index in [1.807, 2.05) is 21.1 Å². The van der Waals surface area contributed by atoms with Gasteiger partial charge in [0.15, 0.2) is 0 Å². The maximum absolute atomic E-state index is 11.8. The summed E-state index contributed by atoms with van der Waals surface area (Å²) >= 11 is 0. The van der Waals surface area contributed by atoms with E-state index in [-0.39, 0.29) is 13.0 Å². The highest BCUT2D eigenvalue weighted by atomic mass is 31.2. The average molecular weight is 435 g/mol. The molecule has 0 saturated carbocycles. The minimum Gasteiger partial charge on any atom is -0.373 e. The topological polar surface area (TPSA) is 77.8 Å². The van der Waals surface area contributed by atoms with Crippen LogP contribution in [0.25, 0.3) is 0 Å². The van der Waals surface area contributed by atoms with Gasteiger partial charge in [-0.3, -0.25) is 4.57 Å². The van der Waals surface area contributed by atoms with E-state index in [0.717, 1.165) is 19.3 Å². The van der Waals surface area contributed by atoms with Crippen molar-refractivity contribution in [3.63, 3.8) is 0 Å². The summed E-state index contributed by atoms with van der Waals surface area (Å²) in [6, 6.07) is 0. The van der Waals surface area contributed by atoms with Crippen molar-refractivity contribution in [3.05, 3.63) is 12.2 Å². The summed E-state index contributed by atoms with van der Waals surface area (Å²) < 4.78 is 12.1. The smallest absolute Gasteiger partial charge is 0.362 e. The quantitative estimate of drug-likeness (QED) is 0.101. The number of allylic oxidation sites excluding steroid dienone is 2. The van der Waals surface area contributed by atoms with Gasteiger partial charge in [-0.15, -0.1) is 0 Å². The Hall–Kier alpha value is -0.190. The maximum atomic E-state index is 11.8. The predicted molar refractivity (Wildman–Crippen MR) is 124 cm³/mol. The summed E-state index contributed by atoms with van der Waals surface area (Å²) in [5.41, 5.74) is 0. The fourth-order valence-electron chi connectivity index (χ4n) is 3.73. The van der Waals surface area contributed by atoms with Crippen LogP contribution in [0, 0.1) is 0 Å². The molecule has 3 N–H and O–H groups in total. The second-order valence-electron chi connectivity index (χ2n) is 9.66. The lowest BCUT2D eigenvalue weighted by Crippen LogP contribution is -2.49. The van der Waals surface area contributed by atoms with Crippen LogP contribution in [0.5, 0.6) is 0 Å². The standard InChI is InChI=1S/C23H48NO4P/c1-5-6-7-8-9-10-11-12-13-14-15-16-17-18-19-20-21-23(25,29(26,27)28)22-24(2,3)4/h10-11,25H,5-9,12-22H2,1-4H3,(H-,26,27,28)/p+1/b11-10-. The fraction of sp³-hybridized carbons (Fsp3) is 0.913. The van der Waals surface area contributed by atoms with E-state index in [2.05, 4.69) is 19.1 Å². The molecule has 1 unspecified atom stereocenters. The minimum atomic E-state index is -4.54. The van der Waals surface area contributed by atoms with Crippen molar-refractivity contribution in [2.75, 3.05) is 27.7 Å². The first-order valence-corrected chi connectivity index (χ1v) is 13.4. The van der Waals surface area contributed by atoms with E-state index >= 15 is 0 Å². The third kappa shape index (κ3) is 16.2. The molecule has 0 aliphatic rings. The Morgan fingerprint density at radius 2 is 1.17 bits per heavy atom. The molecule has 5 nitrogen and oxygen atoms in total. The molecule has 29 heavy (non-hydrogen) atoms. The molecule has 0 aliphatic heterocycles. The molecule has 0 saturated heterocycles. The molecular weight excluding hydrogens is 385 g/mol. The van der Waals surface area contributed by atoms with Gasteiger partial charge in [0.25, 0.3) is 0 Å². The van der Waals surface area contributed by atoms with Crippen molar-refractivity contribution in [3.8, 4) is 0 Å². The van der Waals surface area contributed by atoms with Gasteiger partial charge in [-0.05, 0) is 38.5 Å². The van der Waals surface area contributed by atoms with Crippen LogP contribution >= 0.6 is 7.60 Å². The first-order chi connectivity index (χ1) is 13.5. The first-order valence-electron chi connectivity index (χ1n) is 11.8. The van der Waals surface area contributed by atoms with Crippen LogP contribution in [0.15, 0.2) is 12.2 Å². The predicted octanol–water partition coefficient (Wildman–Crippen LogP) is 5.99. The number of nitrogens with zero attached hydrogens (tertiary/aromatic N) is 1. The summed E-state index contributed by atoms with van der Waals surface area (Å²) in [5, 5.41) is 8.61. The second-order valence-corrected chi connectivity index (χ2v) is 11.6. The molecule has 6 heteroatoms. The molecule has 0 bridgehead atoms. The lowest BCUT2D eigenvalue weighted by atomic mass is 10.0. The van der Waals surface area contributed by atoms with E-state index in [1.165, 1.54) is 64.2 Å². The highest BCUT2D eigenvalue weighted by molar-refractivity contribution is 7.53. The molecule has 174 valence electrons.